The summed E-state index contributed by atoms with van der Waals surface area (Å²) in [5, 5.41) is 23.7. The molecule has 5 heteroatoms. The molecule has 3 rings (SSSR count). The molecule has 1 saturated carbocycles. The molecular weight excluding hydrogens is 326 g/mol. The Morgan fingerprint density at radius 3 is 2.19 bits per heavy atom. The Balaban J connectivity index is 1.57. The molecule has 0 amide bonds. The zero-order valence-electron chi connectivity index (χ0n) is 16.2. The summed E-state index contributed by atoms with van der Waals surface area (Å²) >= 11 is 0. The van der Waals surface area contributed by atoms with E-state index in [4.69, 9.17) is 5.73 Å². The van der Waals surface area contributed by atoms with Crippen LogP contribution in [-0.4, -0.2) is 40.3 Å². The predicted molar refractivity (Wildman–Crippen MR) is 105 cm³/mol. The van der Waals surface area contributed by atoms with Gasteiger partial charge in [0.25, 0.3) is 0 Å². The standard InChI is InChI=1S/C21H35N3O2/c1-14(2)17-12-18(20(26)13-19(17)25)21(22)23-15-6-8-16(9-7-15)24-10-4-3-5-11-24/h12-16,21,23,25-26H,3-11,22H2,1-2H3. The fourth-order valence-corrected chi connectivity index (χ4v) is 4.56. The van der Waals surface area contributed by atoms with Gasteiger partial charge in [0, 0.05) is 23.7 Å². The predicted octanol–water partition coefficient (Wildman–Crippen LogP) is 3.57. The molecule has 1 unspecified atom stereocenters. The van der Waals surface area contributed by atoms with Crippen LogP contribution in [0.5, 0.6) is 11.5 Å². The normalized spacial score (nSPS) is 26.2. The SMILES string of the molecule is CC(C)c1cc(C(N)NC2CCC(N3CCCCC3)CC2)c(O)cc1O. The van der Waals surface area contributed by atoms with Crippen LogP contribution in [0.1, 0.15) is 82.0 Å². The van der Waals surface area contributed by atoms with E-state index in [0.717, 1.165) is 24.4 Å². The van der Waals surface area contributed by atoms with Crippen LogP contribution in [0.15, 0.2) is 12.1 Å². The van der Waals surface area contributed by atoms with Crippen molar-refractivity contribution < 1.29 is 10.2 Å². The summed E-state index contributed by atoms with van der Waals surface area (Å²) in [5.41, 5.74) is 7.85. The lowest BCUT2D eigenvalue weighted by molar-refractivity contribution is 0.119. The van der Waals surface area contributed by atoms with Gasteiger partial charge in [0.2, 0.25) is 0 Å². The van der Waals surface area contributed by atoms with Crippen molar-refractivity contribution >= 4 is 0 Å². The third kappa shape index (κ3) is 4.51. The van der Waals surface area contributed by atoms with E-state index >= 15 is 0 Å². The molecule has 5 nitrogen and oxygen atoms in total. The summed E-state index contributed by atoms with van der Waals surface area (Å²) in [6.07, 6.45) is 8.38. The number of hydrogen-bond donors (Lipinski definition) is 4. The summed E-state index contributed by atoms with van der Waals surface area (Å²) in [6, 6.07) is 4.38. The van der Waals surface area contributed by atoms with Crippen molar-refractivity contribution in [3.63, 3.8) is 0 Å². The van der Waals surface area contributed by atoms with Crippen molar-refractivity contribution in [3.8, 4) is 11.5 Å². The second-order valence-electron chi connectivity index (χ2n) is 8.37. The van der Waals surface area contributed by atoms with Crippen molar-refractivity contribution in [2.45, 2.75) is 83.0 Å². The highest BCUT2D eigenvalue weighted by atomic mass is 16.3. The molecule has 1 aromatic carbocycles. The van der Waals surface area contributed by atoms with Crippen LogP contribution in [0.4, 0.5) is 0 Å². The molecule has 5 N–H and O–H groups in total. The first-order valence-corrected chi connectivity index (χ1v) is 10.3. The molecule has 146 valence electrons. The number of hydrogen-bond acceptors (Lipinski definition) is 5. The largest absolute Gasteiger partial charge is 0.508 e. The lowest BCUT2D eigenvalue weighted by atomic mass is 9.88. The third-order valence-electron chi connectivity index (χ3n) is 6.15. The average Bonchev–Trinajstić information content (AvgIpc) is 2.62. The van der Waals surface area contributed by atoms with Crippen LogP contribution < -0.4 is 11.1 Å². The van der Waals surface area contributed by atoms with Gasteiger partial charge in [-0.2, -0.15) is 0 Å². The summed E-state index contributed by atoms with van der Waals surface area (Å²) in [4.78, 5) is 2.68. The van der Waals surface area contributed by atoms with Crippen LogP contribution in [0, 0.1) is 0 Å². The number of nitrogens with two attached hydrogens (primary N) is 1. The quantitative estimate of drug-likeness (QED) is 0.603. The number of rotatable bonds is 5. The second-order valence-corrected chi connectivity index (χ2v) is 8.37. The highest BCUT2D eigenvalue weighted by Crippen LogP contribution is 2.35. The van der Waals surface area contributed by atoms with Gasteiger partial charge >= 0.3 is 0 Å². The van der Waals surface area contributed by atoms with Gasteiger partial charge in [-0.05, 0) is 69.2 Å². The minimum absolute atomic E-state index is 0.0638. The van der Waals surface area contributed by atoms with E-state index in [2.05, 4.69) is 10.2 Å². The Labute approximate surface area is 157 Å². The minimum atomic E-state index is -0.412. The molecule has 0 spiro atoms. The number of benzene rings is 1. The maximum Gasteiger partial charge on any atom is 0.125 e. The lowest BCUT2D eigenvalue weighted by Gasteiger charge is -2.39. The van der Waals surface area contributed by atoms with E-state index in [-0.39, 0.29) is 17.4 Å². The highest BCUT2D eigenvalue weighted by Gasteiger charge is 2.28. The fourth-order valence-electron chi connectivity index (χ4n) is 4.56. The molecular formula is C21H35N3O2. The third-order valence-corrected chi connectivity index (χ3v) is 6.15. The molecule has 2 aliphatic rings. The number of aromatic hydroxyl groups is 2. The van der Waals surface area contributed by atoms with Gasteiger partial charge in [0.15, 0.2) is 0 Å². The molecule has 1 aliphatic heterocycles. The zero-order chi connectivity index (χ0) is 18.7. The molecule has 26 heavy (non-hydrogen) atoms. The Morgan fingerprint density at radius 1 is 0.962 bits per heavy atom. The van der Waals surface area contributed by atoms with E-state index < -0.39 is 6.17 Å². The number of likely N-dealkylation sites (tertiary alicyclic amines) is 1. The summed E-state index contributed by atoms with van der Waals surface area (Å²) < 4.78 is 0. The Morgan fingerprint density at radius 2 is 1.58 bits per heavy atom. The van der Waals surface area contributed by atoms with Crippen LogP contribution in [0.3, 0.4) is 0 Å². The first-order valence-electron chi connectivity index (χ1n) is 10.3. The van der Waals surface area contributed by atoms with Gasteiger partial charge < -0.3 is 20.8 Å². The van der Waals surface area contributed by atoms with Gasteiger partial charge in [0.05, 0.1) is 6.17 Å². The van der Waals surface area contributed by atoms with Gasteiger partial charge in [-0.25, -0.2) is 0 Å². The first-order chi connectivity index (χ1) is 12.5. The lowest BCUT2D eigenvalue weighted by Crippen LogP contribution is -2.46. The molecule has 1 atom stereocenters. The van der Waals surface area contributed by atoms with Gasteiger partial charge in [-0.1, -0.05) is 20.3 Å². The summed E-state index contributed by atoms with van der Waals surface area (Å²) in [5.74, 6) is 0.380. The number of nitrogens with one attached hydrogen (secondary N) is 1. The smallest absolute Gasteiger partial charge is 0.125 e. The van der Waals surface area contributed by atoms with Crippen molar-refractivity contribution in [3.05, 3.63) is 23.3 Å². The van der Waals surface area contributed by atoms with Crippen molar-refractivity contribution in [2.24, 2.45) is 5.73 Å². The van der Waals surface area contributed by atoms with Crippen LogP contribution in [-0.2, 0) is 0 Å². The first kappa shape index (κ1) is 19.5. The van der Waals surface area contributed by atoms with E-state index in [9.17, 15) is 10.2 Å². The molecule has 2 fully saturated rings. The second kappa shape index (κ2) is 8.59. The van der Waals surface area contributed by atoms with E-state index in [1.807, 2.05) is 19.9 Å². The number of phenolic OH excluding ortho intramolecular Hbond substituents is 2. The van der Waals surface area contributed by atoms with Gasteiger partial charge in [-0.3, -0.25) is 5.32 Å². The van der Waals surface area contributed by atoms with Crippen LogP contribution in [0.2, 0.25) is 0 Å². The van der Waals surface area contributed by atoms with Crippen molar-refractivity contribution in [1.82, 2.24) is 10.2 Å². The summed E-state index contributed by atoms with van der Waals surface area (Å²) in [6.45, 7) is 6.58. The molecule has 1 saturated heterocycles. The Bertz CT molecular complexity index is 591. The highest BCUT2D eigenvalue weighted by molar-refractivity contribution is 5.47. The monoisotopic (exact) mass is 361 g/mol. The molecule has 0 bridgehead atoms. The molecule has 1 heterocycles. The number of phenols is 2. The van der Waals surface area contributed by atoms with Crippen LogP contribution >= 0.6 is 0 Å². The Hall–Kier alpha value is -1.30. The maximum absolute atomic E-state index is 10.2. The van der Waals surface area contributed by atoms with E-state index in [1.165, 1.54) is 51.3 Å². The topological polar surface area (TPSA) is 81.8 Å². The minimum Gasteiger partial charge on any atom is -0.508 e. The molecule has 0 radical (unpaired) electrons. The van der Waals surface area contributed by atoms with E-state index in [1.54, 1.807) is 0 Å². The number of nitrogens with zero attached hydrogens (tertiary/aromatic N) is 1. The van der Waals surface area contributed by atoms with Crippen molar-refractivity contribution in [1.29, 1.82) is 0 Å². The van der Waals surface area contributed by atoms with Crippen molar-refractivity contribution in [2.75, 3.05) is 13.1 Å². The zero-order valence-corrected chi connectivity index (χ0v) is 16.2. The van der Waals surface area contributed by atoms with Crippen LogP contribution in [0.25, 0.3) is 0 Å². The summed E-state index contributed by atoms with van der Waals surface area (Å²) in [7, 11) is 0. The molecule has 1 aromatic rings. The molecule has 0 aromatic heterocycles. The fraction of sp³-hybridized carbons (Fsp3) is 0.714. The number of piperidine rings is 1. The van der Waals surface area contributed by atoms with Gasteiger partial charge in [-0.15, -0.1) is 0 Å². The average molecular weight is 362 g/mol. The Kier molecular flexibility index (Phi) is 6.43. The van der Waals surface area contributed by atoms with Gasteiger partial charge in [0.1, 0.15) is 11.5 Å². The maximum atomic E-state index is 10.2. The molecule has 1 aliphatic carbocycles. The van der Waals surface area contributed by atoms with E-state index in [0.29, 0.717) is 11.6 Å².